The van der Waals surface area contributed by atoms with Crippen LogP contribution in [0.15, 0.2) is 53.5 Å². The Labute approximate surface area is 148 Å². The molecule has 3 aromatic rings. The van der Waals surface area contributed by atoms with Gasteiger partial charge in [0.15, 0.2) is 6.61 Å². The molecule has 0 saturated heterocycles. The number of ether oxygens (including phenoxy) is 2. The second kappa shape index (κ2) is 7.36. The summed E-state index contributed by atoms with van der Waals surface area (Å²) in [5, 5.41) is 0.582. The molecule has 0 aliphatic heterocycles. The third-order valence-corrected chi connectivity index (χ3v) is 3.74. The average Bonchev–Trinajstić information content (AvgIpc) is 2.60. The summed E-state index contributed by atoms with van der Waals surface area (Å²) < 4.78 is 11.9. The number of rotatable bonds is 5. The molecule has 6 nitrogen and oxygen atoms in total. The molecule has 0 bridgehead atoms. The van der Waals surface area contributed by atoms with Crippen molar-refractivity contribution in [3.05, 3.63) is 75.3 Å². The topological polar surface area (TPSA) is 69.9 Å². The lowest BCUT2D eigenvalue weighted by molar-refractivity contribution is -0.147. The first-order valence-corrected chi connectivity index (χ1v) is 7.92. The molecule has 0 aliphatic carbocycles. The summed E-state index contributed by atoms with van der Waals surface area (Å²) in [6.07, 6.45) is 1.65. The lowest BCUT2D eigenvalue weighted by atomic mass is 10.3. The van der Waals surface area contributed by atoms with Crippen molar-refractivity contribution in [1.82, 2.24) is 9.38 Å². The van der Waals surface area contributed by atoms with E-state index in [2.05, 4.69) is 4.98 Å². The maximum atomic E-state index is 12.1. The second-order valence-corrected chi connectivity index (χ2v) is 5.81. The van der Waals surface area contributed by atoms with Gasteiger partial charge in [0.1, 0.15) is 18.0 Å². The summed E-state index contributed by atoms with van der Waals surface area (Å²) in [5.74, 6) is -0.0409. The Morgan fingerprint density at radius 3 is 2.76 bits per heavy atom. The molecule has 0 N–H and O–H groups in total. The Morgan fingerprint density at radius 1 is 1.24 bits per heavy atom. The van der Waals surface area contributed by atoms with E-state index in [1.807, 2.05) is 13.0 Å². The minimum absolute atomic E-state index is 0.0944. The first-order chi connectivity index (χ1) is 12.0. The third-order valence-electron chi connectivity index (χ3n) is 3.49. The Kier molecular flexibility index (Phi) is 5.00. The van der Waals surface area contributed by atoms with E-state index in [0.717, 1.165) is 5.56 Å². The van der Waals surface area contributed by atoms with Crippen molar-refractivity contribution < 1.29 is 14.3 Å². The molecule has 3 rings (SSSR count). The number of hydrogen-bond acceptors (Lipinski definition) is 5. The molecule has 0 unspecified atom stereocenters. The van der Waals surface area contributed by atoms with Gasteiger partial charge in [0.25, 0.3) is 5.56 Å². The predicted octanol–water partition coefficient (Wildman–Crippen LogP) is 2.78. The third kappa shape index (κ3) is 4.16. The monoisotopic (exact) mass is 358 g/mol. The van der Waals surface area contributed by atoms with Gasteiger partial charge in [0, 0.05) is 17.3 Å². The number of aryl methyl sites for hydroxylation is 1. The van der Waals surface area contributed by atoms with Gasteiger partial charge >= 0.3 is 5.97 Å². The van der Waals surface area contributed by atoms with Crippen molar-refractivity contribution in [3.63, 3.8) is 0 Å². The van der Waals surface area contributed by atoms with Crippen LogP contribution in [0.25, 0.3) is 5.65 Å². The number of esters is 1. The summed E-state index contributed by atoms with van der Waals surface area (Å²) in [6.45, 7) is 1.52. The van der Waals surface area contributed by atoms with Crippen molar-refractivity contribution in [2.45, 2.75) is 13.5 Å². The largest absolute Gasteiger partial charge is 0.482 e. The minimum Gasteiger partial charge on any atom is -0.482 e. The molecule has 0 radical (unpaired) electrons. The maximum absolute atomic E-state index is 12.1. The molecule has 7 heteroatoms. The smallest absolute Gasteiger partial charge is 0.344 e. The highest BCUT2D eigenvalue weighted by molar-refractivity contribution is 6.30. The van der Waals surface area contributed by atoms with E-state index in [9.17, 15) is 9.59 Å². The molecular weight excluding hydrogens is 344 g/mol. The number of fused-ring (bicyclic) bond motifs is 1. The van der Waals surface area contributed by atoms with E-state index in [1.54, 1.807) is 36.5 Å². The molecule has 1 aromatic carbocycles. The Morgan fingerprint density at radius 2 is 2.00 bits per heavy atom. The zero-order valence-electron chi connectivity index (χ0n) is 13.4. The van der Waals surface area contributed by atoms with Gasteiger partial charge in [-0.3, -0.25) is 9.20 Å². The van der Waals surface area contributed by atoms with Crippen LogP contribution in [0.2, 0.25) is 5.02 Å². The van der Waals surface area contributed by atoms with Crippen LogP contribution in [-0.2, 0) is 16.1 Å². The zero-order valence-corrected chi connectivity index (χ0v) is 14.2. The lowest BCUT2D eigenvalue weighted by Gasteiger charge is -2.08. The molecule has 128 valence electrons. The minimum atomic E-state index is -0.554. The Hall–Kier alpha value is -2.86. The number of halogens is 1. The van der Waals surface area contributed by atoms with Crippen molar-refractivity contribution in [3.8, 4) is 5.75 Å². The van der Waals surface area contributed by atoms with Crippen LogP contribution < -0.4 is 10.3 Å². The lowest BCUT2D eigenvalue weighted by Crippen LogP contribution is -2.19. The Balaban J connectivity index is 1.62. The summed E-state index contributed by atoms with van der Waals surface area (Å²) in [4.78, 5) is 28.2. The molecular formula is C18H15ClN2O4. The number of hydrogen-bond donors (Lipinski definition) is 0. The van der Waals surface area contributed by atoms with Crippen LogP contribution in [0.1, 0.15) is 11.3 Å². The fourth-order valence-electron chi connectivity index (χ4n) is 2.25. The van der Waals surface area contributed by atoms with Crippen LogP contribution in [0.4, 0.5) is 0 Å². The van der Waals surface area contributed by atoms with Gasteiger partial charge in [0.05, 0.1) is 5.69 Å². The van der Waals surface area contributed by atoms with Crippen molar-refractivity contribution in [1.29, 1.82) is 0 Å². The van der Waals surface area contributed by atoms with Crippen LogP contribution in [0, 0.1) is 6.92 Å². The van der Waals surface area contributed by atoms with E-state index in [0.29, 0.717) is 22.1 Å². The molecule has 0 spiro atoms. The van der Waals surface area contributed by atoms with Gasteiger partial charge in [-0.25, -0.2) is 9.78 Å². The van der Waals surface area contributed by atoms with E-state index in [4.69, 9.17) is 21.1 Å². The summed E-state index contributed by atoms with van der Waals surface area (Å²) >= 11 is 5.78. The first-order valence-electron chi connectivity index (χ1n) is 7.55. The number of aromatic nitrogens is 2. The number of carbonyl (C=O) groups excluding carboxylic acids is 1. The van der Waals surface area contributed by atoms with Crippen LogP contribution >= 0.6 is 11.6 Å². The van der Waals surface area contributed by atoms with Crippen LogP contribution in [0.5, 0.6) is 5.75 Å². The molecule has 25 heavy (non-hydrogen) atoms. The van der Waals surface area contributed by atoms with Crippen molar-refractivity contribution in [2.24, 2.45) is 0 Å². The summed E-state index contributed by atoms with van der Waals surface area (Å²) in [5.41, 5.74) is 1.56. The van der Waals surface area contributed by atoms with Crippen molar-refractivity contribution in [2.75, 3.05) is 6.61 Å². The van der Waals surface area contributed by atoms with Crippen molar-refractivity contribution >= 4 is 23.2 Å². The van der Waals surface area contributed by atoms with Crippen LogP contribution in [0.3, 0.4) is 0 Å². The molecule has 0 aliphatic rings. The first kappa shape index (κ1) is 17.0. The van der Waals surface area contributed by atoms with E-state index in [-0.39, 0.29) is 18.8 Å². The number of nitrogens with zero attached hydrogens (tertiary/aromatic N) is 2. The van der Waals surface area contributed by atoms with Crippen LogP contribution in [-0.4, -0.2) is 22.0 Å². The highest BCUT2D eigenvalue weighted by atomic mass is 35.5. The standard InChI is InChI=1S/C18H15ClN2O4/c1-12-3-2-8-21-16(22)9-14(20-18(12)21)10-25-17(23)11-24-15-6-4-13(19)5-7-15/h2-9H,10-11H2,1H3. The van der Waals surface area contributed by atoms with Gasteiger partial charge in [0.2, 0.25) is 0 Å². The highest BCUT2D eigenvalue weighted by Crippen LogP contribution is 2.15. The number of carbonyl (C=O) groups is 1. The quantitative estimate of drug-likeness (QED) is 0.656. The number of pyridine rings is 1. The van der Waals surface area contributed by atoms with Gasteiger partial charge in [-0.05, 0) is 42.8 Å². The fourth-order valence-corrected chi connectivity index (χ4v) is 2.38. The zero-order chi connectivity index (χ0) is 17.8. The molecule has 0 amide bonds. The Bertz CT molecular complexity index is 967. The van der Waals surface area contributed by atoms with E-state index in [1.165, 1.54) is 10.5 Å². The van der Waals surface area contributed by atoms with Gasteiger partial charge in [-0.1, -0.05) is 17.7 Å². The molecule has 2 aromatic heterocycles. The molecule has 0 atom stereocenters. The highest BCUT2D eigenvalue weighted by Gasteiger charge is 2.08. The normalized spacial score (nSPS) is 10.6. The fraction of sp³-hybridized carbons (Fsp3) is 0.167. The SMILES string of the molecule is Cc1cccn2c(=O)cc(COC(=O)COc3ccc(Cl)cc3)nc12. The van der Waals surface area contributed by atoms with Gasteiger partial charge in [-0.15, -0.1) is 0 Å². The second-order valence-electron chi connectivity index (χ2n) is 5.37. The average molecular weight is 359 g/mol. The number of benzene rings is 1. The molecule has 2 heterocycles. The summed E-state index contributed by atoms with van der Waals surface area (Å²) in [7, 11) is 0. The molecule has 0 saturated carbocycles. The van der Waals surface area contributed by atoms with E-state index >= 15 is 0 Å². The van der Waals surface area contributed by atoms with Gasteiger partial charge in [-0.2, -0.15) is 0 Å². The van der Waals surface area contributed by atoms with Gasteiger partial charge < -0.3 is 9.47 Å². The predicted molar refractivity (Wildman–Crippen MR) is 92.9 cm³/mol. The maximum Gasteiger partial charge on any atom is 0.344 e. The molecule has 0 fully saturated rings. The summed E-state index contributed by atoms with van der Waals surface area (Å²) in [6, 6.07) is 11.6. The van der Waals surface area contributed by atoms with E-state index < -0.39 is 5.97 Å².